The van der Waals surface area contributed by atoms with E-state index in [9.17, 15) is 0 Å². The minimum atomic E-state index is -1.91. The molecule has 2 aromatic heterocycles. The van der Waals surface area contributed by atoms with Crippen molar-refractivity contribution in [3.63, 3.8) is 0 Å². The van der Waals surface area contributed by atoms with Gasteiger partial charge >= 0.3 is 191 Å². The van der Waals surface area contributed by atoms with Crippen LogP contribution in [0.25, 0.3) is 33.2 Å². The van der Waals surface area contributed by atoms with Crippen LogP contribution in [0.1, 0.15) is 19.4 Å². The van der Waals surface area contributed by atoms with E-state index in [4.69, 9.17) is 9.40 Å². The fourth-order valence-corrected chi connectivity index (χ4v) is 8.39. The number of aromatic nitrogens is 1. The summed E-state index contributed by atoms with van der Waals surface area (Å²) < 4.78 is 7.97. The molecule has 31 heavy (non-hydrogen) atoms. The molecule has 0 bridgehead atoms. The van der Waals surface area contributed by atoms with Crippen molar-refractivity contribution in [1.29, 1.82) is 0 Å². The van der Waals surface area contributed by atoms with E-state index in [1.54, 1.807) is 0 Å². The van der Waals surface area contributed by atoms with Gasteiger partial charge in [0.15, 0.2) is 0 Å². The van der Waals surface area contributed by atoms with E-state index in [0.717, 1.165) is 28.8 Å². The molecule has 4 aromatic rings. The molecule has 0 atom stereocenters. The predicted molar refractivity (Wildman–Crippen MR) is 141 cm³/mol. The summed E-state index contributed by atoms with van der Waals surface area (Å²) in [6.07, 6.45) is 3.23. The van der Waals surface area contributed by atoms with Crippen molar-refractivity contribution in [2.45, 2.75) is 57.2 Å². The van der Waals surface area contributed by atoms with Gasteiger partial charge < -0.3 is 0 Å². The van der Waals surface area contributed by atoms with E-state index in [1.807, 2.05) is 0 Å². The van der Waals surface area contributed by atoms with Crippen molar-refractivity contribution in [2.24, 2.45) is 5.92 Å². The summed E-state index contributed by atoms with van der Waals surface area (Å²) in [5.41, 5.74) is 5.53. The van der Waals surface area contributed by atoms with E-state index < -0.39 is 21.3 Å². The van der Waals surface area contributed by atoms with Gasteiger partial charge in [0.1, 0.15) is 0 Å². The summed E-state index contributed by atoms with van der Waals surface area (Å²) in [7, 11) is -1.45. The third kappa shape index (κ3) is 4.40. The maximum absolute atomic E-state index is 6.49. The number of furan rings is 1. The first-order chi connectivity index (χ1) is 14.4. The second-order valence-corrected chi connectivity index (χ2v) is 27.0. The zero-order valence-corrected chi connectivity index (χ0v) is 23.4. The number of rotatable bonds is 5. The zero-order valence-electron chi connectivity index (χ0n) is 20.3. The van der Waals surface area contributed by atoms with Crippen LogP contribution < -0.4 is 9.58 Å². The van der Waals surface area contributed by atoms with Gasteiger partial charge in [-0.05, 0) is 0 Å². The van der Waals surface area contributed by atoms with Gasteiger partial charge in [0, 0.05) is 0 Å². The average Bonchev–Trinajstić information content (AvgIpc) is 3.03. The summed E-state index contributed by atoms with van der Waals surface area (Å²) >= 11 is -1.91. The number of para-hydroxylation sites is 1. The van der Waals surface area contributed by atoms with Gasteiger partial charge in [-0.25, -0.2) is 0 Å². The molecule has 0 unspecified atom stereocenters. The normalized spacial score (nSPS) is 12.9. The molecule has 0 aliphatic rings. The van der Waals surface area contributed by atoms with Gasteiger partial charge in [0.25, 0.3) is 0 Å². The molecule has 2 aromatic carbocycles. The van der Waals surface area contributed by atoms with Crippen molar-refractivity contribution < 1.29 is 4.42 Å². The van der Waals surface area contributed by atoms with Crippen LogP contribution in [-0.4, -0.2) is 26.3 Å². The molecule has 0 saturated heterocycles. The Morgan fingerprint density at radius 1 is 0.968 bits per heavy atom. The van der Waals surface area contributed by atoms with Crippen molar-refractivity contribution >= 4 is 52.9 Å². The van der Waals surface area contributed by atoms with Gasteiger partial charge in [0.2, 0.25) is 0 Å². The molecule has 0 amide bonds. The summed E-state index contributed by atoms with van der Waals surface area (Å²) in [4.78, 5) is 4.94. The van der Waals surface area contributed by atoms with Crippen molar-refractivity contribution in [1.82, 2.24) is 4.98 Å². The van der Waals surface area contributed by atoms with Crippen molar-refractivity contribution in [3.8, 4) is 11.3 Å². The molecule has 0 aliphatic carbocycles. The molecule has 0 fully saturated rings. The fraction of sp³-hybridized carbons (Fsp3) is 0.370. The molecular formula is C27H35GeNOSi. The van der Waals surface area contributed by atoms with E-state index >= 15 is 0 Å². The molecule has 4 rings (SSSR count). The number of nitrogens with zero attached hydrogens (tertiary/aromatic N) is 1. The zero-order chi connectivity index (χ0) is 22.6. The summed E-state index contributed by atoms with van der Waals surface area (Å²) in [5.74, 6) is 7.90. The van der Waals surface area contributed by atoms with Crippen LogP contribution in [-0.2, 0) is 6.42 Å². The number of benzene rings is 2. The van der Waals surface area contributed by atoms with Gasteiger partial charge in [-0.3, -0.25) is 0 Å². The van der Waals surface area contributed by atoms with Crippen molar-refractivity contribution in [3.05, 3.63) is 54.2 Å². The molecule has 2 nitrogen and oxygen atoms in total. The fourth-order valence-electron chi connectivity index (χ4n) is 4.39. The first-order valence-corrected chi connectivity index (χ1v) is 22.2. The second kappa shape index (κ2) is 7.93. The molecule has 4 heteroatoms. The predicted octanol–water partition coefficient (Wildman–Crippen LogP) is 6.94. The third-order valence-corrected chi connectivity index (χ3v) is 12.4. The number of hydrogen-bond donors (Lipinski definition) is 0. The Morgan fingerprint density at radius 3 is 2.35 bits per heavy atom. The Kier molecular flexibility index (Phi) is 5.72. The Bertz CT molecular complexity index is 1260. The Labute approximate surface area is 190 Å². The van der Waals surface area contributed by atoms with Gasteiger partial charge in [0.05, 0.1) is 0 Å². The van der Waals surface area contributed by atoms with E-state index in [-0.39, 0.29) is 0 Å². The quantitative estimate of drug-likeness (QED) is 0.284. The first-order valence-electron chi connectivity index (χ1n) is 11.4. The Hall–Kier alpha value is -1.85. The summed E-state index contributed by atoms with van der Waals surface area (Å²) in [5, 5.41) is 3.86. The van der Waals surface area contributed by atoms with Crippen LogP contribution in [0.3, 0.4) is 0 Å². The second-order valence-electron chi connectivity index (χ2n) is 11.3. The Morgan fingerprint density at radius 2 is 1.71 bits per heavy atom. The maximum atomic E-state index is 6.49. The van der Waals surface area contributed by atoms with Gasteiger partial charge in [-0.15, -0.1) is 0 Å². The first kappa shape index (κ1) is 22.3. The molecule has 2 heterocycles. The molecule has 0 saturated carbocycles. The standard InChI is InChI=1S/C27H35GeNOSi/c1-18(2)14-19-15-24(29-17-26(19)31(6,7)8)23-11-9-10-22-21-13-12-20(28(3,4)5)16-25(21)30-27(22)23/h9-13,15-18H,14H2,1-8H3. The topological polar surface area (TPSA) is 26.0 Å². The third-order valence-electron chi connectivity index (χ3n) is 6.07. The van der Waals surface area contributed by atoms with E-state index in [2.05, 4.69) is 99.4 Å². The Balaban J connectivity index is 1.91. The molecule has 162 valence electrons. The van der Waals surface area contributed by atoms with Gasteiger partial charge in [-0.2, -0.15) is 0 Å². The molecule has 0 aliphatic heterocycles. The number of pyridine rings is 1. The molecule has 0 spiro atoms. The number of hydrogen-bond acceptors (Lipinski definition) is 2. The van der Waals surface area contributed by atoms with E-state index in [0.29, 0.717) is 5.92 Å². The van der Waals surface area contributed by atoms with Gasteiger partial charge in [-0.1, -0.05) is 0 Å². The minimum absolute atomic E-state index is 0.619. The summed E-state index contributed by atoms with van der Waals surface area (Å²) in [6.45, 7) is 11.8. The van der Waals surface area contributed by atoms with Crippen LogP contribution in [0.2, 0.25) is 36.9 Å². The average molecular weight is 490 g/mol. The number of fused-ring (bicyclic) bond motifs is 3. The van der Waals surface area contributed by atoms with Crippen LogP contribution in [0.4, 0.5) is 0 Å². The summed E-state index contributed by atoms with van der Waals surface area (Å²) in [6, 6.07) is 15.6. The van der Waals surface area contributed by atoms with Crippen LogP contribution in [0.5, 0.6) is 0 Å². The monoisotopic (exact) mass is 491 g/mol. The molecule has 0 N–H and O–H groups in total. The van der Waals surface area contributed by atoms with Crippen LogP contribution in [0, 0.1) is 5.92 Å². The molecular weight excluding hydrogens is 455 g/mol. The van der Waals surface area contributed by atoms with Crippen LogP contribution in [0.15, 0.2) is 53.1 Å². The van der Waals surface area contributed by atoms with Crippen LogP contribution >= 0.6 is 0 Å². The SMILES string of the molecule is CC(C)Cc1cc(-c2cccc3c2oc2c[c]([Ge]([CH3])([CH3])[CH3])ccc23)ncc1[Si](C)(C)C. The van der Waals surface area contributed by atoms with E-state index in [1.165, 1.54) is 25.9 Å². The van der Waals surface area contributed by atoms with Crippen molar-refractivity contribution in [2.75, 3.05) is 0 Å². The molecule has 0 radical (unpaired) electrons.